The Labute approximate surface area is 114 Å². The third-order valence-electron chi connectivity index (χ3n) is 3.38. The molecule has 0 aliphatic carbocycles. The standard InChI is InChI=1S/C11H19ClN2O2.ClH/c12-8-11(15)14-3-1-2-10(14)9-13-4-6-16-7-5-13;/h10H,1-9H2;1H/t10-;/m0./s1. The summed E-state index contributed by atoms with van der Waals surface area (Å²) in [5, 5.41) is 0. The minimum absolute atomic E-state index is 0. The van der Waals surface area contributed by atoms with Crippen molar-refractivity contribution < 1.29 is 9.53 Å². The number of ether oxygens (including phenoxy) is 1. The lowest BCUT2D eigenvalue weighted by Gasteiger charge is -2.32. The second-order valence-electron chi connectivity index (χ2n) is 4.43. The molecule has 2 saturated heterocycles. The summed E-state index contributed by atoms with van der Waals surface area (Å²) < 4.78 is 5.32. The highest BCUT2D eigenvalue weighted by atomic mass is 35.5. The number of alkyl halides is 1. The molecule has 0 aromatic carbocycles. The highest BCUT2D eigenvalue weighted by molar-refractivity contribution is 6.27. The van der Waals surface area contributed by atoms with Gasteiger partial charge in [-0.25, -0.2) is 0 Å². The van der Waals surface area contributed by atoms with Gasteiger partial charge in [0, 0.05) is 32.2 Å². The monoisotopic (exact) mass is 282 g/mol. The molecule has 0 bridgehead atoms. The zero-order chi connectivity index (χ0) is 11.4. The Bertz CT molecular complexity index is 248. The van der Waals surface area contributed by atoms with Crippen LogP contribution in [0.5, 0.6) is 0 Å². The highest BCUT2D eigenvalue weighted by Gasteiger charge is 2.29. The van der Waals surface area contributed by atoms with Gasteiger partial charge in [-0.3, -0.25) is 9.69 Å². The molecule has 0 N–H and O–H groups in total. The Hall–Kier alpha value is -0.0300. The molecule has 6 heteroatoms. The minimum Gasteiger partial charge on any atom is -0.379 e. The van der Waals surface area contributed by atoms with Gasteiger partial charge in [0.1, 0.15) is 5.88 Å². The molecule has 100 valence electrons. The van der Waals surface area contributed by atoms with Crippen molar-refractivity contribution in [3.8, 4) is 0 Å². The highest BCUT2D eigenvalue weighted by Crippen LogP contribution is 2.19. The summed E-state index contributed by atoms with van der Waals surface area (Å²) in [7, 11) is 0. The predicted molar refractivity (Wildman–Crippen MR) is 70.0 cm³/mol. The molecule has 1 atom stereocenters. The Balaban J connectivity index is 0.00000144. The Morgan fingerprint density at radius 2 is 2.00 bits per heavy atom. The molecule has 0 aromatic heterocycles. The molecule has 2 rings (SSSR count). The first kappa shape index (κ1) is 15.0. The van der Waals surface area contributed by atoms with E-state index in [0.29, 0.717) is 6.04 Å². The van der Waals surface area contributed by atoms with Crippen LogP contribution in [0.1, 0.15) is 12.8 Å². The van der Waals surface area contributed by atoms with Crippen molar-refractivity contribution in [2.75, 3.05) is 45.3 Å². The van der Waals surface area contributed by atoms with E-state index in [1.54, 1.807) is 0 Å². The number of halogens is 2. The fourth-order valence-electron chi connectivity index (χ4n) is 2.51. The lowest BCUT2D eigenvalue weighted by atomic mass is 10.2. The van der Waals surface area contributed by atoms with Gasteiger partial charge in [-0.2, -0.15) is 0 Å². The third kappa shape index (κ3) is 3.98. The van der Waals surface area contributed by atoms with Gasteiger partial charge in [-0.15, -0.1) is 24.0 Å². The Morgan fingerprint density at radius 1 is 1.29 bits per heavy atom. The van der Waals surface area contributed by atoms with E-state index in [-0.39, 0.29) is 24.2 Å². The molecular formula is C11H20Cl2N2O2. The number of hydrogen-bond acceptors (Lipinski definition) is 3. The molecule has 4 nitrogen and oxygen atoms in total. The summed E-state index contributed by atoms with van der Waals surface area (Å²) in [6.45, 7) is 5.46. The van der Waals surface area contributed by atoms with E-state index in [1.165, 1.54) is 0 Å². The summed E-state index contributed by atoms with van der Waals surface area (Å²) in [5.74, 6) is 0.192. The Morgan fingerprint density at radius 3 is 2.65 bits per heavy atom. The van der Waals surface area contributed by atoms with E-state index >= 15 is 0 Å². The normalized spacial score (nSPS) is 25.7. The number of nitrogens with zero attached hydrogens (tertiary/aromatic N) is 2. The fourth-order valence-corrected chi connectivity index (χ4v) is 2.67. The largest absolute Gasteiger partial charge is 0.379 e. The average Bonchev–Trinajstić information content (AvgIpc) is 2.77. The topological polar surface area (TPSA) is 32.8 Å². The first-order valence-electron chi connectivity index (χ1n) is 5.97. The van der Waals surface area contributed by atoms with Crippen molar-refractivity contribution in [2.24, 2.45) is 0 Å². The van der Waals surface area contributed by atoms with Crippen LogP contribution >= 0.6 is 24.0 Å². The second-order valence-corrected chi connectivity index (χ2v) is 4.70. The van der Waals surface area contributed by atoms with Crippen molar-refractivity contribution >= 4 is 29.9 Å². The summed E-state index contributed by atoms with van der Waals surface area (Å²) in [6, 6.07) is 0.365. The quantitative estimate of drug-likeness (QED) is 0.724. The number of amides is 1. The van der Waals surface area contributed by atoms with Crippen LogP contribution in [0.25, 0.3) is 0 Å². The molecule has 0 saturated carbocycles. The number of carbonyl (C=O) groups is 1. The van der Waals surface area contributed by atoms with Crippen molar-refractivity contribution in [2.45, 2.75) is 18.9 Å². The zero-order valence-electron chi connectivity index (χ0n) is 9.94. The zero-order valence-corrected chi connectivity index (χ0v) is 11.5. The molecule has 0 radical (unpaired) electrons. The molecule has 2 heterocycles. The van der Waals surface area contributed by atoms with Crippen LogP contribution in [0.2, 0.25) is 0 Å². The lowest BCUT2D eigenvalue weighted by Crippen LogP contribution is -2.47. The number of likely N-dealkylation sites (tertiary alicyclic amines) is 1. The van der Waals surface area contributed by atoms with Gasteiger partial charge >= 0.3 is 0 Å². The van der Waals surface area contributed by atoms with Gasteiger partial charge in [0.2, 0.25) is 5.91 Å². The van der Waals surface area contributed by atoms with Crippen LogP contribution < -0.4 is 0 Å². The smallest absolute Gasteiger partial charge is 0.237 e. The molecule has 2 aliphatic heterocycles. The maximum atomic E-state index is 11.6. The van der Waals surface area contributed by atoms with Crippen LogP contribution in [-0.2, 0) is 9.53 Å². The molecular weight excluding hydrogens is 263 g/mol. The first-order chi connectivity index (χ1) is 7.81. The van der Waals surface area contributed by atoms with Crippen LogP contribution in [0.4, 0.5) is 0 Å². The van der Waals surface area contributed by atoms with Gasteiger partial charge < -0.3 is 9.64 Å². The lowest BCUT2D eigenvalue weighted by molar-refractivity contribution is -0.129. The van der Waals surface area contributed by atoms with Crippen LogP contribution in [0, 0.1) is 0 Å². The summed E-state index contributed by atoms with van der Waals surface area (Å²) in [5.41, 5.74) is 0. The van der Waals surface area contributed by atoms with Crippen molar-refractivity contribution in [1.29, 1.82) is 0 Å². The molecule has 0 spiro atoms. The van der Waals surface area contributed by atoms with Crippen LogP contribution in [0.15, 0.2) is 0 Å². The SMILES string of the molecule is Cl.O=C(CCl)N1CCC[C@H]1CN1CCOCC1. The van der Waals surface area contributed by atoms with Gasteiger partial charge in [0.25, 0.3) is 0 Å². The number of morpholine rings is 1. The maximum absolute atomic E-state index is 11.6. The van der Waals surface area contributed by atoms with E-state index < -0.39 is 0 Å². The molecule has 2 aliphatic rings. The van der Waals surface area contributed by atoms with E-state index in [1.807, 2.05) is 4.90 Å². The number of hydrogen-bond donors (Lipinski definition) is 0. The summed E-state index contributed by atoms with van der Waals surface area (Å²) >= 11 is 5.62. The average molecular weight is 283 g/mol. The fraction of sp³-hybridized carbons (Fsp3) is 0.909. The van der Waals surface area contributed by atoms with Gasteiger partial charge in [0.05, 0.1) is 13.2 Å². The predicted octanol–water partition coefficient (Wildman–Crippen LogP) is 0.970. The van der Waals surface area contributed by atoms with Crippen LogP contribution in [0.3, 0.4) is 0 Å². The van der Waals surface area contributed by atoms with E-state index in [2.05, 4.69) is 4.90 Å². The van der Waals surface area contributed by atoms with Crippen LogP contribution in [-0.4, -0.2) is 67.0 Å². The van der Waals surface area contributed by atoms with Crippen molar-refractivity contribution in [1.82, 2.24) is 9.80 Å². The van der Waals surface area contributed by atoms with E-state index in [4.69, 9.17) is 16.3 Å². The second kappa shape index (κ2) is 7.41. The molecule has 0 aromatic rings. The van der Waals surface area contributed by atoms with E-state index in [9.17, 15) is 4.79 Å². The van der Waals surface area contributed by atoms with Gasteiger partial charge in [-0.1, -0.05) is 0 Å². The van der Waals surface area contributed by atoms with Gasteiger partial charge in [-0.05, 0) is 12.8 Å². The summed E-state index contributed by atoms with van der Waals surface area (Å²) in [4.78, 5) is 15.9. The van der Waals surface area contributed by atoms with E-state index in [0.717, 1.165) is 52.2 Å². The number of rotatable bonds is 3. The Kier molecular flexibility index (Phi) is 6.55. The maximum Gasteiger partial charge on any atom is 0.237 e. The van der Waals surface area contributed by atoms with Crippen molar-refractivity contribution in [3.63, 3.8) is 0 Å². The molecule has 1 amide bonds. The van der Waals surface area contributed by atoms with Gasteiger partial charge in [0.15, 0.2) is 0 Å². The third-order valence-corrected chi connectivity index (χ3v) is 3.61. The minimum atomic E-state index is 0. The van der Waals surface area contributed by atoms with Crippen molar-refractivity contribution in [3.05, 3.63) is 0 Å². The first-order valence-corrected chi connectivity index (χ1v) is 6.50. The molecule has 17 heavy (non-hydrogen) atoms. The molecule has 0 unspecified atom stereocenters. The molecule has 2 fully saturated rings. The number of carbonyl (C=O) groups excluding carboxylic acids is 1. The summed E-state index contributed by atoms with van der Waals surface area (Å²) in [6.07, 6.45) is 2.22.